The number of ether oxygens (including phenoxy) is 1. The summed E-state index contributed by atoms with van der Waals surface area (Å²) in [5.41, 5.74) is 0.461. The van der Waals surface area contributed by atoms with E-state index in [0.29, 0.717) is 23.9 Å². The van der Waals surface area contributed by atoms with Crippen molar-refractivity contribution in [1.29, 1.82) is 0 Å². The highest BCUT2D eigenvalue weighted by Crippen LogP contribution is 2.21. The van der Waals surface area contributed by atoms with E-state index in [1.54, 1.807) is 18.2 Å². The lowest BCUT2D eigenvalue weighted by molar-refractivity contribution is 0.160. The van der Waals surface area contributed by atoms with Gasteiger partial charge in [0.25, 0.3) is 0 Å². The smallest absolute Gasteiger partial charge is 0.488 e. The summed E-state index contributed by atoms with van der Waals surface area (Å²) < 4.78 is 5.69. The minimum atomic E-state index is -1.44. The van der Waals surface area contributed by atoms with Gasteiger partial charge in [0.1, 0.15) is 12.4 Å². The molecule has 5 heteroatoms. The molecule has 1 aromatic carbocycles. The number of likely N-dealkylation sites (N-methyl/N-ethyl adjacent to an activating group) is 1. The van der Waals surface area contributed by atoms with Crippen LogP contribution in [0.4, 0.5) is 0 Å². The molecule has 0 atom stereocenters. The van der Waals surface area contributed by atoms with Crippen molar-refractivity contribution >= 4 is 12.6 Å². The molecule has 2 N–H and O–H groups in total. The van der Waals surface area contributed by atoms with Crippen LogP contribution in [0.5, 0.6) is 5.75 Å². The lowest BCUT2D eigenvalue weighted by Gasteiger charge is -2.31. The van der Waals surface area contributed by atoms with Crippen LogP contribution in [-0.4, -0.2) is 48.3 Å². The van der Waals surface area contributed by atoms with E-state index in [4.69, 9.17) is 14.8 Å². The molecular weight excluding hydrogens is 253 g/mol. The van der Waals surface area contributed by atoms with Gasteiger partial charge in [0.05, 0.1) is 0 Å². The fraction of sp³-hybridized carbons (Fsp3) is 0.600. The molecule has 0 amide bonds. The molecule has 0 radical (unpaired) electrons. The normalized spacial score (nSPS) is 16.4. The minimum Gasteiger partial charge on any atom is -0.492 e. The first-order chi connectivity index (χ1) is 9.66. The van der Waals surface area contributed by atoms with Gasteiger partial charge in [-0.25, -0.2) is 0 Å². The Morgan fingerprint density at radius 3 is 2.70 bits per heavy atom. The Hall–Kier alpha value is -1.04. The second kappa shape index (κ2) is 7.67. The maximum absolute atomic E-state index is 9.12. The van der Waals surface area contributed by atoms with Crippen molar-refractivity contribution in [2.75, 3.05) is 20.2 Å². The van der Waals surface area contributed by atoms with Crippen LogP contribution in [0.2, 0.25) is 0 Å². The third kappa shape index (κ3) is 4.51. The van der Waals surface area contributed by atoms with E-state index in [1.807, 2.05) is 6.07 Å². The van der Waals surface area contributed by atoms with Crippen LogP contribution >= 0.6 is 0 Å². The quantitative estimate of drug-likeness (QED) is 0.762. The average molecular weight is 277 g/mol. The second-order valence-electron chi connectivity index (χ2n) is 5.57. The highest BCUT2D eigenvalue weighted by Gasteiger charge is 2.17. The monoisotopic (exact) mass is 277 g/mol. The molecule has 0 aromatic heterocycles. The summed E-state index contributed by atoms with van der Waals surface area (Å²) in [6.45, 7) is 1.52. The third-order valence-corrected chi connectivity index (χ3v) is 4.07. The number of benzene rings is 1. The van der Waals surface area contributed by atoms with Gasteiger partial charge in [-0.05, 0) is 37.5 Å². The predicted octanol–water partition coefficient (Wildman–Crippen LogP) is 1.01. The lowest BCUT2D eigenvalue weighted by atomic mass is 9.80. The van der Waals surface area contributed by atoms with Gasteiger partial charge >= 0.3 is 7.12 Å². The van der Waals surface area contributed by atoms with Gasteiger partial charge in [0.15, 0.2) is 0 Å². The van der Waals surface area contributed by atoms with E-state index in [2.05, 4.69) is 11.9 Å². The van der Waals surface area contributed by atoms with Crippen molar-refractivity contribution in [3.63, 3.8) is 0 Å². The standard InChI is InChI=1S/C15H24BNO3/c1-17(14-7-3-2-4-8-14)10-11-20-15-9-5-6-13(12-15)16(18)19/h5-6,9,12,14,18-19H,2-4,7-8,10-11H2,1H3. The first-order valence-electron chi connectivity index (χ1n) is 7.46. The molecule has 110 valence electrons. The van der Waals surface area contributed by atoms with Gasteiger partial charge in [-0.1, -0.05) is 31.4 Å². The zero-order chi connectivity index (χ0) is 14.4. The fourth-order valence-electron chi connectivity index (χ4n) is 2.78. The van der Waals surface area contributed by atoms with Crippen LogP contribution in [0, 0.1) is 0 Å². The topological polar surface area (TPSA) is 52.9 Å². The molecule has 0 heterocycles. The summed E-state index contributed by atoms with van der Waals surface area (Å²) in [5, 5.41) is 18.2. The highest BCUT2D eigenvalue weighted by atomic mass is 16.5. The van der Waals surface area contributed by atoms with Crippen LogP contribution in [0.15, 0.2) is 24.3 Å². The Morgan fingerprint density at radius 2 is 2.00 bits per heavy atom. The highest BCUT2D eigenvalue weighted by molar-refractivity contribution is 6.58. The Morgan fingerprint density at radius 1 is 1.25 bits per heavy atom. The van der Waals surface area contributed by atoms with E-state index < -0.39 is 7.12 Å². The fourth-order valence-corrected chi connectivity index (χ4v) is 2.78. The van der Waals surface area contributed by atoms with E-state index in [0.717, 1.165) is 6.54 Å². The molecule has 0 spiro atoms. The second-order valence-corrected chi connectivity index (χ2v) is 5.57. The summed E-state index contributed by atoms with van der Waals surface area (Å²) in [7, 11) is 0.719. The zero-order valence-corrected chi connectivity index (χ0v) is 12.2. The molecule has 0 saturated heterocycles. The average Bonchev–Trinajstić information content (AvgIpc) is 2.48. The van der Waals surface area contributed by atoms with Crippen LogP contribution in [0.3, 0.4) is 0 Å². The van der Waals surface area contributed by atoms with Crippen molar-refractivity contribution in [3.05, 3.63) is 24.3 Å². The van der Waals surface area contributed by atoms with Gasteiger partial charge in [0.2, 0.25) is 0 Å². The molecule has 0 aliphatic heterocycles. The molecular formula is C15H24BNO3. The van der Waals surface area contributed by atoms with Crippen LogP contribution in [0.1, 0.15) is 32.1 Å². The molecule has 1 fully saturated rings. The first-order valence-corrected chi connectivity index (χ1v) is 7.46. The van der Waals surface area contributed by atoms with Gasteiger partial charge in [-0.3, -0.25) is 0 Å². The Bertz CT molecular complexity index is 408. The lowest BCUT2D eigenvalue weighted by Crippen LogP contribution is -2.36. The maximum atomic E-state index is 9.12. The molecule has 1 aliphatic carbocycles. The van der Waals surface area contributed by atoms with Gasteiger partial charge in [0, 0.05) is 12.6 Å². The molecule has 20 heavy (non-hydrogen) atoms. The number of nitrogens with zero attached hydrogens (tertiary/aromatic N) is 1. The summed E-state index contributed by atoms with van der Waals surface area (Å²) in [5.74, 6) is 0.688. The van der Waals surface area contributed by atoms with Crippen LogP contribution < -0.4 is 10.2 Å². The number of hydrogen-bond acceptors (Lipinski definition) is 4. The van der Waals surface area contributed by atoms with E-state index in [9.17, 15) is 0 Å². The molecule has 1 aliphatic rings. The Labute approximate surface area is 121 Å². The first kappa shape index (κ1) is 15.4. The van der Waals surface area contributed by atoms with Crippen molar-refractivity contribution in [1.82, 2.24) is 4.90 Å². The zero-order valence-electron chi connectivity index (χ0n) is 12.2. The summed E-state index contributed by atoms with van der Waals surface area (Å²) in [6, 6.07) is 7.65. The third-order valence-electron chi connectivity index (χ3n) is 4.07. The molecule has 1 saturated carbocycles. The molecule has 2 rings (SSSR count). The van der Waals surface area contributed by atoms with Crippen molar-refractivity contribution in [2.24, 2.45) is 0 Å². The SMILES string of the molecule is CN(CCOc1cccc(B(O)O)c1)C1CCCCC1. The van der Waals surface area contributed by atoms with Gasteiger partial charge < -0.3 is 19.7 Å². The van der Waals surface area contributed by atoms with E-state index >= 15 is 0 Å². The largest absolute Gasteiger partial charge is 0.492 e. The Kier molecular flexibility index (Phi) is 5.89. The summed E-state index contributed by atoms with van der Waals surface area (Å²) >= 11 is 0. The van der Waals surface area contributed by atoms with E-state index in [1.165, 1.54) is 32.1 Å². The van der Waals surface area contributed by atoms with Crippen molar-refractivity contribution in [3.8, 4) is 5.75 Å². The molecule has 0 bridgehead atoms. The maximum Gasteiger partial charge on any atom is 0.488 e. The predicted molar refractivity (Wildman–Crippen MR) is 81.3 cm³/mol. The van der Waals surface area contributed by atoms with Crippen molar-refractivity contribution < 1.29 is 14.8 Å². The molecule has 1 aromatic rings. The molecule has 0 unspecified atom stereocenters. The minimum absolute atomic E-state index is 0.461. The number of rotatable bonds is 6. The van der Waals surface area contributed by atoms with Gasteiger partial charge in [-0.15, -0.1) is 0 Å². The van der Waals surface area contributed by atoms with E-state index in [-0.39, 0.29) is 0 Å². The number of hydrogen-bond donors (Lipinski definition) is 2. The van der Waals surface area contributed by atoms with Crippen LogP contribution in [-0.2, 0) is 0 Å². The van der Waals surface area contributed by atoms with Crippen LogP contribution in [0.25, 0.3) is 0 Å². The summed E-state index contributed by atoms with van der Waals surface area (Å²) in [6.07, 6.45) is 6.64. The Balaban J connectivity index is 1.76. The van der Waals surface area contributed by atoms with Crippen molar-refractivity contribution in [2.45, 2.75) is 38.1 Å². The molecule has 4 nitrogen and oxygen atoms in total. The summed E-state index contributed by atoms with van der Waals surface area (Å²) in [4.78, 5) is 2.38. The van der Waals surface area contributed by atoms with Gasteiger partial charge in [-0.2, -0.15) is 0 Å².